The highest BCUT2D eigenvalue weighted by Gasteiger charge is 2.13. The Balaban J connectivity index is 1.99. The summed E-state index contributed by atoms with van der Waals surface area (Å²) in [6.45, 7) is 6.89. The van der Waals surface area contributed by atoms with Crippen molar-refractivity contribution in [3.05, 3.63) is 11.6 Å². The maximum atomic E-state index is 2.44. The third-order valence-electron chi connectivity index (χ3n) is 3.85. The van der Waals surface area contributed by atoms with Crippen LogP contribution in [-0.4, -0.2) is 0 Å². The van der Waals surface area contributed by atoms with Crippen molar-refractivity contribution in [2.45, 2.75) is 78.6 Å². The summed E-state index contributed by atoms with van der Waals surface area (Å²) in [6, 6.07) is 0. The molecule has 1 saturated carbocycles. The highest BCUT2D eigenvalue weighted by molar-refractivity contribution is 4.97. The average Bonchev–Trinajstić information content (AvgIpc) is 2.74. The fraction of sp³-hybridized carbons (Fsp3) is 0.875. The van der Waals surface area contributed by atoms with Gasteiger partial charge in [0, 0.05) is 0 Å². The van der Waals surface area contributed by atoms with Gasteiger partial charge in [0.05, 0.1) is 0 Å². The number of rotatable bonds is 7. The molecule has 0 saturated heterocycles. The lowest BCUT2D eigenvalue weighted by molar-refractivity contribution is 0.473. The maximum absolute atomic E-state index is 2.44. The molecule has 1 rings (SSSR count). The molecular weight excluding hydrogens is 192 g/mol. The topological polar surface area (TPSA) is 0 Å². The third-order valence-corrected chi connectivity index (χ3v) is 3.85. The van der Waals surface area contributed by atoms with Gasteiger partial charge < -0.3 is 0 Å². The molecule has 0 atom stereocenters. The van der Waals surface area contributed by atoms with Gasteiger partial charge in [0.25, 0.3) is 0 Å². The molecule has 16 heavy (non-hydrogen) atoms. The number of hydrogen-bond acceptors (Lipinski definition) is 0. The van der Waals surface area contributed by atoms with Crippen LogP contribution in [0.3, 0.4) is 0 Å². The molecule has 94 valence electrons. The molecule has 0 aromatic rings. The van der Waals surface area contributed by atoms with Crippen LogP contribution in [-0.2, 0) is 0 Å². The van der Waals surface area contributed by atoms with Gasteiger partial charge in [-0.25, -0.2) is 0 Å². The van der Waals surface area contributed by atoms with E-state index in [0.29, 0.717) is 0 Å². The Morgan fingerprint density at radius 2 is 1.88 bits per heavy atom. The number of hydrogen-bond donors (Lipinski definition) is 0. The normalized spacial score (nSPS) is 18.6. The Morgan fingerprint density at radius 1 is 1.19 bits per heavy atom. The van der Waals surface area contributed by atoms with E-state index in [4.69, 9.17) is 0 Å². The van der Waals surface area contributed by atoms with Crippen molar-refractivity contribution in [2.24, 2.45) is 11.8 Å². The van der Waals surface area contributed by atoms with Crippen molar-refractivity contribution in [3.63, 3.8) is 0 Å². The molecular formula is C16H30. The van der Waals surface area contributed by atoms with Crippen LogP contribution >= 0.6 is 0 Å². The van der Waals surface area contributed by atoms with Crippen molar-refractivity contribution in [2.75, 3.05) is 0 Å². The van der Waals surface area contributed by atoms with Crippen molar-refractivity contribution >= 4 is 0 Å². The summed E-state index contributed by atoms with van der Waals surface area (Å²) in [5, 5.41) is 0. The largest absolute Gasteiger partial charge is 0.0854 e. The van der Waals surface area contributed by atoms with Crippen LogP contribution in [0.5, 0.6) is 0 Å². The molecule has 0 nitrogen and oxygen atoms in total. The Hall–Kier alpha value is -0.260. The monoisotopic (exact) mass is 222 g/mol. The van der Waals surface area contributed by atoms with Gasteiger partial charge in [0.15, 0.2) is 0 Å². The van der Waals surface area contributed by atoms with E-state index >= 15 is 0 Å². The van der Waals surface area contributed by atoms with E-state index in [2.05, 4.69) is 26.8 Å². The summed E-state index contributed by atoms with van der Waals surface area (Å²) in [6.07, 6.45) is 15.4. The molecule has 0 N–H and O–H groups in total. The molecule has 0 aromatic carbocycles. The van der Waals surface area contributed by atoms with Crippen molar-refractivity contribution in [1.82, 2.24) is 0 Å². The predicted molar refractivity (Wildman–Crippen MR) is 73.6 cm³/mol. The smallest absolute Gasteiger partial charge is 0.0323 e. The first kappa shape index (κ1) is 13.8. The first-order valence-corrected chi connectivity index (χ1v) is 7.34. The molecule has 1 aliphatic rings. The van der Waals surface area contributed by atoms with Crippen LogP contribution in [0, 0.1) is 11.8 Å². The third kappa shape index (κ3) is 6.35. The molecule has 0 bridgehead atoms. The van der Waals surface area contributed by atoms with Gasteiger partial charge in [-0.15, -0.1) is 0 Å². The molecule has 1 aliphatic carbocycles. The summed E-state index contributed by atoms with van der Waals surface area (Å²) >= 11 is 0. The van der Waals surface area contributed by atoms with E-state index in [1.807, 2.05) is 0 Å². The molecule has 0 aromatic heterocycles. The Bertz CT molecular complexity index is 194. The molecule has 0 heteroatoms. The summed E-state index contributed by atoms with van der Waals surface area (Å²) in [5.74, 6) is 1.90. The van der Waals surface area contributed by atoms with Crippen LogP contribution < -0.4 is 0 Å². The van der Waals surface area contributed by atoms with Gasteiger partial charge in [-0.1, -0.05) is 64.0 Å². The van der Waals surface area contributed by atoms with Crippen molar-refractivity contribution < 1.29 is 0 Å². The van der Waals surface area contributed by atoms with Crippen molar-refractivity contribution in [1.29, 1.82) is 0 Å². The van der Waals surface area contributed by atoms with E-state index in [1.54, 1.807) is 5.57 Å². The Labute approximate surface area is 103 Å². The molecule has 0 amide bonds. The van der Waals surface area contributed by atoms with Crippen LogP contribution in [0.25, 0.3) is 0 Å². The van der Waals surface area contributed by atoms with Gasteiger partial charge in [0.1, 0.15) is 0 Å². The lowest BCUT2D eigenvalue weighted by Crippen LogP contribution is -1.93. The second-order valence-corrected chi connectivity index (χ2v) is 6.08. The standard InChI is InChI=1S/C16H30/c1-14(2)12-13-15(3)8-4-5-9-16-10-6-7-11-16/h13-14,16H,4-12H2,1-3H3/b15-13+. The minimum atomic E-state index is 0.813. The van der Waals surface area contributed by atoms with Gasteiger partial charge in [-0.05, 0) is 38.0 Å². The summed E-state index contributed by atoms with van der Waals surface area (Å²) in [7, 11) is 0. The minimum Gasteiger partial charge on any atom is -0.0854 e. The molecule has 0 unspecified atom stereocenters. The Morgan fingerprint density at radius 3 is 2.50 bits per heavy atom. The highest BCUT2D eigenvalue weighted by Crippen LogP contribution is 2.29. The Kier molecular flexibility index (Phi) is 6.84. The van der Waals surface area contributed by atoms with Gasteiger partial charge in [-0.3, -0.25) is 0 Å². The molecule has 0 radical (unpaired) electrons. The van der Waals surface area contributed by atoms with E-state index < -0.39 is 0 Å². The fourth-order valence-corrected chi connectivity index (χ4v) is 2.67. The van der Waals surface area contributed by atoms with Crippen LogP contribution in [0.2, 0.25) is 0 Å². The molecule has 1 fully saturated rings. The van der Waals surface area contributed by atoms with Gasteiger partial charge in [0.2, 0.25) is 0 Å². The van der Waals surface area contributed by atoms with Gasteiger partial charge in [-0.2, -0.15) is 0 Å². The minimum absolute atomic E-state index is 0.813. The van der Waals surface area contributed by atoms with Crippen LogP contribution in [0.15, 0.2) is 11.6 Å². The fourth-order valence-electron chi connectivity index (χ4n) is 2.67. The predicted octanol–water partition coefficient (Wildman–Crippen LogP) is 5.73. The maximum Gasteiger partial charge on any atom is -0.0323 e. The zero-order valence-electron chi connectivity index (χ0n) is 11.6. The van der Waals surface area contributed by atoms with Crippen LogP contribution in [0.4, 0.5) is 0 Å². The summed E-state index contributed by atoms with van der Waals surface area (Å²) < 4.78 is 0. The average molecular weight is 222 g/mol. The molecule has 0 heterocycles. The zero-order chi connectivity index (χ0) is 11.8. The van der Waals surface area contributed by atoms with E-state index in [1.165, 1.54) is 57.8 Å². The lowest BCUT2D eigenvalue weighted by Gasteiger charge is -2.08. The van der Waals surface area contributed by atoms with Gasteiger partial charge >= 0.3 is 0 Å². The quantitative estimate of drug-likeness (QED) is 0.381. The first-order chi connectivity index (χ1) is 7.68. The van der Waals surface area contributed by atoms with Crippen LogP contribution in [0.1, 0.15) is 78.6 Å². The first-order valence-electron chi connectivity index (χ1n) is 7.34. The van der Waals surface area contributed by atoms with Crippen molar-refractivity contribution in [3.8, 4) is 0 Å². The van der Waals surface area contributed by atoms with E-state index in [0.717, 1.165) is 11.8 Å². The van der Waals surface area contributed by atoms with E-state index in [-0.39, 0.29) is 0 Å². The second kappa shape index (κ2) is 7.92. The highest BCUT2D eigenvalue weighted by atomic mass is 14.2. The SMILES string of the molecule is C/C(=C\CC(C)C)CCCCC1CCCC1. The molecule has 0 spiro atoms. The van der Waals surface area contributed by atoms with E-state index in [9.17, 15) is 0 Å². The number of allylic oxidation sites excluding steroid dienone is 2. The lowest BCUT2D eigenvalue weighted by atomic mass is 9.98. The second-order valence-electron chi connectivity index (χ2n) is 6.08. The number of unbranched alkanes of at least 4 members (excludes halogenated alkanes) is 1. The summed E-state index contributed by atoms with van der Waals surface area (Å²) in [5.41, 5.74) is 1.61. The molecule has 0 aliphatic heterocycles. The summed E-state index contributed by atoms with van der Waals surface area (Å²) in [4.78, 5) is 0. The zero-order valence-corrected chi connectivity index (χ0v) is 11.6.